The molecule has 0 saturated carbocycles. The molecule has 1 aliphatic heterocycles. The maximum atomic E-state index is 11.2. The first-order chi connectivity index (χ1) is 6.99. The standard InChI is InChI=1S/C9H14N2O4/c1-5(2)15-9(14)10-6-3-4-7(12)11-8(6)13/h5-6H,3-4H2,1-2H3,(H,10,14)(H,11,12,13). The van der Waals surface area contributed by atoms with Gasteiger partial charge >= 0.3 is 6.09 Å². The molecular formula is C9H14N2O4. The number of carbonyl (C=O) groups is 3. The molecule has 1 atom stereocenters. The highest BCUT2D eigenvalue weighted by Crippen LogP contribution is 2.04. The first-order valence-corrected chi connectivity index (χ1v) is 4.80. The molecule has 0 aromatic rings. The van der Waals surface area contributed by atoms with Crippen molar-refractivity contribution >= 4 is 17.9 Å². The normalized spacial score (nSPS) is 21.1. The van der Waals surface area contributed by atoms with E-state index in [1.165, 1.54) is 0 Å². The lowest BCUT2D eigenvalue weighted by molar-refractivity contribution is -0.134. The second-order valence-electron chi connectivity index (χ2n) is 3.60. The number of amides is 3. The smallest absolute Gasteiger partial charge is 0.408 e. The molecule has 6 heteroatoms. The van der Waals surface area contributed by atoms with E-state index in [1.807, 2.05) is 0 Å². The Morgan fingerprint density at radius 3 is 2.73 bits per heavy atom. The molecular weight excluding hydrogens is 200 g/mol. The van der Waals surface area contributed by atoms with E-state index in [0.717, 1.165) is 0 Å². The Hall–Kier alpha value is -1.59. The minimum atomic E-state index is -0.672. The van der Waals surface area contributed by atoms with Gasteiger partial charge in [-0.25, -0.2) is 4.79 Å². The molecule has 3 amide bonds. The van der Waals surface area contributed by atoms with Crippen molar-refractivity contribution in [1.82, 2.24) is 10.6 Å². The fourth-order valence-corrected chi connectivity index (χ4v) is 1.22. The summed E-state index contributed by atoms with van der Waals surface area (Å²) in [4.78, 5) is 33.2. The quantitative estimate of drug-likeness (QED) is 0.630. The van der Waals surface area contributed by atoms with E-state index in [2.05, 4.69) is 10.6 Å². The number of nitrogens with one attached hydrogen (secondary N) is 2. The highest BCUT2D eigenvalue weighted by atomic mass is 16.6. The summed E-state index contributed by atoms with van der Waals surface area (Å²) in [5.41, 5.74) is 0. The van der Waals surface area contributed by atoms with Gasteiger partial charge in [0.2, 0.25) is 11.8 Å². The van der Waals surface area contributed by atoms with Crippen LogP contribution in [0.15, 0.2) is 0 Å². The lowest BCUT2D eigenvalue weighted by atomic mass is 10.1. The molecule has 0 spiro atoms. The highest BCUT2D eigenvalue weighted by molar-refractivity contribution is 6.01. The number of carbonyl (C=O) groups excluding carboxylic acids is 3. The van der Waals surface area contributed by atoms with Gasteiger partial charge in [-0.15, -0.1) is 0 Å². The Labute approximate surface area is 87.4 Å². The molecule has 2 N–H and O–H groups in total. The summed E-state index contributed by atoms with van der Waals surface area (Å²) < 4.78 is 4.81. The van der Waals surface area contributed by atoms with Crippen LogP contribution in [0, 0.1) is 0 Å². The van der Waals surface area contributed by atoms with Crippen LogP contribution in [0.2, 0.25) is 0 Å². The van der Waals surface area contributed by atoms with Crippen molar-refractivity contribution < 1.29 is 19.1 Å². The van der Waals surface area contributed by atoms with Crippen LogP contribution in [0.3, 0.4) is 0 Å². The molecule has 0 bridgehead atoms. The van der Waals surface area contributed by atoms with Crippen LogP contribution >= 0.6 is 0 Å². The van der Waals surface area contributed by atoms with Crippen molar-refractivity contribution in [3.05, 3.63) is 0 Å². The maximum Gasteiger partial charge on any atom is 0.408 e. The van der Waals surface area contributed by atoms with Gasteiger partial charge < -0.3 is 10.1 Å². The summed E-state index contributed by atoms with van der Waals surface area (Å²) in [6.45, 7) is 3.42. The fraction of sp³-hybridized carbons (Fsp3) is 0.667. The predicted molar refractivity (Wildman–Crippen MR) is 50.9 cm³/mol. The number of imide groups is 1. The average Bonchev–Trinajstić information content (AvgIpc) is 2.08. The SMILES string of the molecule is CC(C)OC(=O)NC1CCC(=O)NC1=O. The molecule has 1 aliphatic rings. The van der Waals surface area contributed by atoms with Crippen LogP contribution < -0.4 is 10.6 Å². The molecule has 15 heavy (non-hydrogen) atoms. The predicted octanol–water partition coefficient (Wildman–Crippen LogP) is -0.0738. The van der Waals surface area contributed by atoms with E-state index >= 15 is 0 Å². The Kier molecular flexibility index (Phi) is 3.65. The van der Waals surface area contributed by atoms with Crippen molar-refractivity contribution in [3.63, 3.8) is 0 Å². The molecule has 1 saturated heterocycles. The van der Waals surface area contributed by atoms with Crippen molar-refractivity contribution in [2.45, 2.75) is 38.8 Å². The molecule has 0 aromatic heterocycles. The van der Waals surface area contributed by atoms with Gasteiger partial charge in [0.05, 0.1) is 6.10 Å². The van der Waals surface area contributed by atoms with Gasteiger partial charge in [0.1, 0.15) is 6.04 Å². The van der Waals surface area contributed by atoms with E-state index in [4.69, 9.17) is 4.74 Å². The average molecular weight is 214 g/mol. The van der Waals surface area contributed by atoms with Crippen LogP contribution in [0.5, 0.6) is 0 Å². The van der Waals surface area contributed by atoms with Gasteiger partial charge in [0.25, 0.3) is 0 Å². The van der Waals surface area contributed by atoms with Crippen molar-refractivity contribution in [3.8, 4) is 0 Å². The molecule has 0 aromatic carbocycles. The number of hydrogen-bond donors (Lipinski definition) is 2. The van der Waals surface area contributed by atoms with E-state index < -0.39 is 18.0 Å². The third kappa shape index (κ3) is 3.57. The van der Waals surface area contributed by atoms with E-state index in [-0.39, 0.29) is 18.4 Å². The highest BCUT2D eigenvalue weighted by Gasteiger charge is 2.28. The Balaban J connectivity index is 2.41. The van der Waals surface area contributed by atoms with Crippen LogP contribution in [-0.4, -0.2) is 30.1 Å². The Morgan fingerprint density at radius 1 is 1.53 bits per heavy atom. The number of hydrogen-bond acceptors (Lipinski definition) is 4. The van der Waals surface area contributed by atoms with Gasteiger partial charge in [0, 0.05) is 6.42 Å². The van der Waals surface area contributed by atoms with E-state index in [1.54, 1.807) is 13.8 Å². The van der Waals surface area contributed by atoms with Gasteiger partial charge in [-0.1, -0.05) is 0 Å². The van der Waals surface area contributed by atoms with Crippen LogP contribution in [0.4, 0.5) is 4.79 Å². The fourth-order valence-electron chi connectivity index (χ4n) is 1.22. The summed E-state index contributed by atoms with van der Waals surface area (Å²) in [7, 11) is 0. The van der Waals surface area contributed by atoms with Gasteiger partial charge in [-0.3, -0.25) is 14.9 Å². The van der Waals surface area contributed by atoms with E-state index in [9.17, 15) is 14.4 Å². The Morgan fingerprint density at radius 2 is 2.20 bits per heavy atom. The molecule has 1 heterocycles. The number of ether oxygens (including phenoxy) is 1. The molecule has 0 radical (unpaired) electrons. The second kappa shape index (κ2) is 4.77. The second-order valence-corrected chi connectivity index (χ2v) is 3.60. The van der Waals surface area contributed by atoms with Gasteiger partial charge in [0.15, 0.2) is 0 Å². The maximum absolute atomic E-state index is 11.2. The third-order valence-corrected chi connectivity index (χ3v) is 1.87. The molecule has 1 rings (SSSR count). The minimum absolute atomic E-state index is 0.234. The van der Waals surface area contributed by atoms with Crippen LogP contribution in [-0.2, 0) is 14.3 Å². The lowest BCUT2D eigenvalue weighted by Gasteiger charge is -2.21. The Bertz CT molecular complexity index is 288. The zero-order valence-electron chi connectivity index (χ0n) is 8.70. The number of rotatable bonds is 2. The zero-order valence-corrected chi connectivity index (χ0v) is 8.70. The monoisotopic (exact) mass is 214 g/mol. The topological polar surface area (TPSA) is 84.5 Å². The summed E-state index contributed by atoms with van der Waals surface area (Å²) in [5.74, 6) is -0.790. The summed E-state index contributed by atoms with van der Waals surface area (Å²) >= 11 is 0. The first kappa shape index (κ1) is 11.5. The summed E-state index contributed by atoms with van der Waals surface area (Å²) in [6.07, 6.45) is -0.325. The number of piperidine rings is 1. The molecule has 1 unspecified atom stereocenters. The number of alkyl carbamates (subject to hydrolysis) is 1. The summed E-state index contributed by atoms with van der Waals surface area (Å²) in [6, 6.07) is -0.672. The van der Waals surface area contributed by atoms with Crippen molar-refractivity contribution in [1.29, 1.82) is 0 Å². The molecule has 6 nitrogen and oxygen atoms in total. The van der Waals surface area contributed by atoms with Crippen molar-refractivity contribution in [2.75, 3.05) is 0 Å². The molecule has 1 fully saturated rings. The van der Waals surface area contributed by atoms with E-state index in [0.29, 0.717) is 6.42 Å². The van der Waals surface area contributed by atoms with Crippen molar-refractivity contribution in [2.24, 2.45) is 0 Å². The lowest BCUT2D eigenvalue weighted by Crippen LogP contribution is -2.52. The van der Waals surface area contributed by atoms with Gasteiger partial charge in [-0.05, 0) is 20.3 Å². The molecule has 0 aliphatic carbocycles. The summed E-state index contributed by atoms with van der Waals surface area (Å²) in [5, 5.41) is 4.53. The molecule has 84 valence electrons. The largest absolute Gasteiger partial charge is 0.447 e. The van der Waals surface area contributed by atoms with Crippen LogP contribution in [0.1, 0.15) is 26.7 Å². The minimum Gasteiger partial charge on any atom is -0.447 e. The van der Waals surface area contributed by atoms with Crippen LogP contribution in [0.25, 0.3) is 0 Å². The first-order valence-electron chi connectivity index (χ1n) is 4.80. The zero-order chi connectivity index (χ0) is 11.4. The third-order valence-electron chi connectivity index (χ3n) is 1.87. The van der Waals surface area contributed by atoms with Gasteiger partial charge in [-0.2, -0.15) is 0 Å².